The number of carbonyl (C=O) groups excluding carboxylic acids is 2. The third-order valence-corrected chi connectivity index (χ3v) is 8.53. The molecule has 9 heteroatoms. The number of likely N-dealkylation sites (tertiary alicyclic amines) is 2. The number of hydrogen-bond donors (Lipinski definition) is 2. The average molecular weight is 603 g/mol. The van der Waals surface area contributed by atoms with Crippen molar-refractivity contribution in [3.05, 3.63) is 90.2 Å². The molecular formula is C35H43FN4O4. The molecule has 2 amide bonds. The molecule has 2 saturated heterocycles. The summed E-state index contributed by atoms with van der Waals surface area (Å²) in [6.07, 6.45) is 6.89. The summed E-state index contributed by atoms with van der Waals surface area (Å²) in [4.78, 5) is 31.5. The van der Waals surface area contributed by atoms with Crippen molar-refractivity contribution in [2.24, 2.45) is 0 Å². The first-order valence-electron chi connectivity index (χ1n) is 15.6. The van der Waals surface area contributed by atoms with Gasteiger partial charge in [-0.25, -0.2) is 4.39 Å². The highest BCUT2D eigenvalue weighted by molar-refractivity contribution is 5.97. The average Bonchev–Trinajstić information content (AvgIpc) is 3.44. The lowest BCUT2D eigenvalue weighted by molar-refractivity contribution is -0.129. The van der Waals surface area contributed by atoms with Crippen LogP contribution < -0.4 is 15.4 Å². The minimum Gasteiger partial charge on any atom is -0.457 e. The number of anilines is 1. The molecule has 0 bridgehead atoms. The molecule has 2 N–H and O–H groups in total. The first-order chi connectivity index (χ1) is 21.4. The molecule has 0 aromatic heterocycles. The predicted octanol–water partition coefficient (Wildman–Crippen LogP) is 5.60. The fourth-order valence-electron chi connectivity index (χ4n) is 6.08. The summed E-state index contributed by atoms with van der Waals surface area (Å²) in [5, 5.41) is 5.86. The molecule has 1 unspecified atom stereocenters. The second-order valence-corrected chi connectivity index (χ2v) is 11.8. The number of ether oxygens (including phenoxy) is 2. The van der Waals surface area contributed by atoms with Gasteiger partial charge >= 0.3 is 0 Å². The van der Waals surface area contributed by atoms with Crippen molar-refractivity contribution < 1.29 is 23.5 Å². The van der Waals surface area contributed by atoms with Crippen LogP contribution in [0.15, 0.2) is 78.9 Å². The largest absolute Gasteiger partial charge is 0.457 e. The van der Waals surface area contributed by atoms with Gasteiger partial charge in [0.15, 0.2) is 0 Å². The lowest BCUT2D eigenvalue weighted by Crippen LogP contribution is -2.52. The molecule has 5 rings (SSSR count). The van der Waals surface area contributed by atoms with Crippen molar-refractivity contribution in [3.8, 4) is 11.5 Å². The Balaban J connectivity index is 1.19. The molecule has 2 aliphatic rings. The number of piperidine rings is 1. The number of carbonyl (C=O) groups is 2. The number of nitrogens with zero attached hydrogens (tertiary/aromatic N) is 2. The lowest BCUT2D eigenvalue weighted by atomic mass is 9.95. The van der Waals surface area contributed by atoms with Gasteiger partial charge < -0.3 is 25.0 Å². The van der Waals surface area contributed by atoms with Crippen LogP contribution in [0.4, 0.5) is 10.1 Å². The van der Waals surface area contributed by atoms with E-state index in [1.807, 2.05) is 30.3 Å². The summed E-state index contributed by atoms with van der Waals surface area (Å²) in [6.45, 7) is 2.66. The van der Waals surface area contributed by atoms with Crippen LogP contribution in [0.5, 0.6) is 11.5 Å². The summed E-state index contributed by atoms with van der Waals surface area (Å²) in [5.74, 6) is 0.181. The van der Waals surface area contributed by atoms with E-state index in [9.17, 15) is 14.0 Å². The molecule has 44 heavy (non-hydrogen) atoms. The Bertz CT molecular complexity index is 1340. The smallest absolute Gasteiger partial charge is 0.249 e. The highest BCUT2D eigenvalue weighted by atomic mass is 19.1. The van der Waals surface area contributed by atoms with Crippen LogP contribution in [-0.2, 0) is 20.9 Å². The van der Waals surface area contributed by atoms with E-state index in [1.54, 1.807) is 36.4 Å². The van der Waals surface area contributed by atoms with Gasteiger partial charge in [-0.2, -0.15) is 0 Å². The number of halogens is 1. The second-order valence-electron chi connectivity index (χ2n) is 11.8. The Kier molecular flexibility index (Phi) is 11.4. The molecule has 3 aromatic rings. The number of hydrogen-bond acceptors (Lipinski definition) is 6. The summed E-state index contributed by atoms with van der Waals surface area (Å²) < 4.78 is 24.9. The van der Waals surface area contributed by atoms with Crippen molar-refractivity contribution in [1.29, 1.82) is 0 Å². The van der Waals surface area contributed by atoms with Crippen LogP contribution in [0.1, 0.15) is 44.1 Å². The van der Waals surface area contributed by atoms with Gasteiger partial charge in [0.1, 0.15) is 23.4 Å². The van der Waals surface area contributed by atoms with Gasteiger partial charge in [-0.3, -0.25) is 14.5 Å². The van der Waals surface area contributed by atoms with Crippen LogP contribution in [0.2, 0.25) is 0 Å². The fraction of sp³-hybridized carbons (Fsp3) is 0.429. The predicted molar refractivity (Wildman–Crippen MR) is 169 cm³/mol. The van der Waals surface area contributed by atoms with E-state index >= 15 is 0 Å². The standard InChI is InChI=1S/C35H43FN4O4/c1-39-20-7-11-29(39)22-30-10-5-6-21-40(30)23-34(41)38-33(25-43-24-26-8-3-2-4-9-26)35(42)37-28-14-18-32(19-15-28)44-31-16-12-27(36)13-17-31/h2-4,8-9,12-19,29-30,33H,5-7,10-11,20-25H2,1H3,(H,37,42)(H,38,41)/t29-,30?,33+/m1/s1. The van der Waals surface area contributed by atoms with E-state index in [0.717, 1.165) is 37.9 Å². The molecule has 3 atom stereocenters. The molecule has 2 aliphatic heterocycles. The minimum atomic E-state index is -0.870. The summed E-state index contributed by atoms with van der Waals surface area (Å²) in [7, 11) is 2.20. The van der Waals surface area contributed by atoms with E-state index in [4.69, 9.17) is 9.47 Å². The second kappa shape index (κ2) is 15.8. The lowest BCUT2D eigenvalue weighted by Gasteiger charge is -2.38. The summed E-state index contributed by atoms with van der Waals surface area (Å²) in [5.41, 5.74) is 1.54. The van der Waals surface area contributed by atoms with Gasteiger partial charge in [-0.05, 0) is 106 Å². The molecule has 2 fully saturated rings. The van der Waals surface area contributed by atoms with Crippen molar-refractivity contribution >= 4 is 17.5 Å². The molecule has 0 saturated carbocycles. The van der Waals surface area contributed by atoms with Crippen LogP contribution in [-0.4, -0.2) is 73.0 Å². The maximum absolute atomic E-state index is 13.4. The van der Waals surface area contributed by atoms with Gasteiger partial charge in [0.2, 0.25) is 11.8 Å². The maximum Gasteiger partial charge on any atom is 0.249 e. The molecule has 2 heterocycles. The Hall–Kier alpha value is -3.79. The first-order valence-corrected chi connectivity index (χ1v) is 15.6. The number of benzene rings is 3. The van der Waals surface area contributed by atoms with Gasteiger partial charge in [-0.15, -0.1) is 0 Å². The van der Waals surface area contributed by atoms with Crippen LogP contribution >= 0.6 is 0 Å². The van der Waals surface area contributed by atoms with E-state index < -0.39 is 6.04 Å². The zero-order chi connectivity index (χ0) is 30.7. The van der Waals surface area contributed by atoms with Crippen molar-refractivity contribution in [2.75, 3.05) is 38.6 Å². The molecule has 3 aromatic carbocycles. The minimum absolute atomic E-state index is 0.0362. The number of amides is 2. The van der Waals surface area contributed by atoms with E-state index in [0.29, 0.717) is 35.9 Å². The SMILES string of the molecule is CN1CCC[C@@H]1CC1CCCCN1CC(=O)N[C@@H](COCc1ccccc1)C(=O)Nc1ccc(Oc2ccc(F)cc2)cc1. The zero-order valence-corrected chi connectivity index (χ0v) is 25.4. The van der Waals surface area contributed by atoms with Crippen molar-refractivity contribution in [2.45, 2.75) is 63.3 Å². The fourth-order valence-corrected chi connectivity index (χ4v) is 6.08. The van der Waals surface area contributed by atoms with E-state index in [2.05, 4.69) is 27.5 Å². The third-order valence-electron chi connectivity index (χ3n) is 8.53. The molecule has 0 aliphatic carbocycles. The number of rotatable bonds is 13. The Morgan fingerprint density at radius 1 is 0.886 bits per heavy atom. The Labute approximate surface area is 259 Å². The number of nitrogens with one attached hydrogen (secondary N) is 2. The van der Waals surface area contributed by atoms with Crippen molar-refractivity contribution in [1.82, 2.24) is 15.1 Å². The van der Waals surface area contributed by atoms with Gasteiger partial charge in [0.25, 0.3) is 0 Å². The normalized spacial score (nSPS) is 19.8. The summed E-state index contributed by atoms with van der Waals surface area (Å²) in [6, 6.07) is 22.4. The van der Waals surface area contributed by atoms with Gasteiger partial charge in [0.05, 0.1) is 19.8 Å². The van der Waals surface area contributed by atoms with Gasteiger partial charge in [0, 0.05) is 17.8 Å². The van der Waals surface area contributed by atoms with E-state index in [1.165, 1.54) is 31.4 Å². The Morgan fingerprint density at radius 3 is 2.30 bits per heavy atom. The van der Waals surface area contributed by atoms with Crippen molar-refractivity contribution in [3.63, 3.8) is 0 Å². The molecular weight excluding hydrogens is 559 g/mol. The zero-order valence-electron chi connectivity index (χ0n) is 25.4. The highest BCUT2D eigenvalue weighted by Crippen LogP contribution is 2.27. The monoisotopic (exact) mass is 602 g/mol. The van der Waals surface area contributed by atoms with Gasteiger partial charge in [-0.1, -0.05) is 36.8 Å². The topological polar surface area (TPSA) is 83.1 Å². The molecule has 0 spiro atoms. The van der Waals surface area contributed by atoms with Crippen LogP contribution in [0, 0.1) is 5.82 Å². The molecule has 0 radical (unpaired) electrons. The first kappa shape index (κ1) is 31.6. The molecule has 234 valence electrons. The quantitative estimate of drug-likeness (QED) is 0.265. The maximum atomic E-state index is 13.4. The highest BCUT2D eigenvalue weighted by Gasteiger charge is 2.31. The third kappa shape index (κ3) is 9.35. The van der Waals surface area contributed by atoms with Crippen LogP contribution in [0.3, 0.4) is 0 Å². The molecule has 8 nitrogen and oxygen atoms in total. The van der Waals surface area contributed by atoms with E-state index in [-0.39, 0.29) is 30.8 Å². The summed E-state index contributed by atoms with van der Waals surface area (Å²) >= 11 is 0. The Morgan fingerprint density at radius 2 is 1.59 bits per heavy atom. The van der Waals surface area contributed by atoms with Crippen LogP contribution in [0.25, 0.3) is 0 Å².